The molecule has 1 aliphatic carbocycles. The number of ether oxygens (including phenoxy) is 18. The van der Waals surface area contributed by atoms with Crippen molar-refractivity contribution in [2.24, 2.45) is 17.8 Å². The molecule has 59 nitrogen and oxygen atoms in total. The molecule has 0 radical (unpaired) electrons. The summed E-state index contributed by atoms with van der Waals surface area (Å²) in [5.74, 6) is -14.4. The van der Waals surface area contributed by atoms with Crippen LogP contribution in [0.4, 0.5) is 0 Å². The van der Waals surface area contributed by atoms with Crippen molar-refractivity contribution < 1.29 is 251 Å². The number of methoxy groups -OCH3 is 2. The lowest BCUT2D eigenvalue weighted by atomic mass is 9.76. The third-order valence-corrected chi connectivity index (χ3v) is 24.9. The maximum absolute atomic E-state index is 14.8. The number of hydrogen-bond acceptors (Lipinski definition) is 50. The minimum atomic E-state index is -2.58. The number of carbonyl (C=O) groups excluding carboxylic acids is 9. The van der Waals surface area contributed by atoms with Gasteiger partial charge in [0.2, 0.25) is 35.4 Å². The highest BCUT2D eigenvalue weighted by Crippen LogP contribution is 2.42. The number of aliphatic hydroxyl groups excluding tert-OH is 22. The molecule has 9 aliphatic heterocycles. The fraction of sp³-hybridized carbons (Fsp3) is 0.868. The molecule has 9 saturated heterocycles. The highest BCUT2D eigenvalue weighted by Gasteiger charge is 2.62. The molecule has 10 rings (SSSR count). The Labute approximate surface area is 764 Å². The second-order valence-electron chi connectivity index (χ2n) is 34.0. The van der Waals surface area contributed by atoms with Gasteiger partial charge in [-0.1, -0.05) is 13.8 Å². The van der Waals surface area contributed by atoms with Crippen LogP contribution >= 0.6 is 0 Å². The van der Waals surface area contributed by atoms with Gasteiger partial charge in [-0.2, -0.15) is 0 Å². The van der Waals surface area contributed by atoms with Crippen LogP contribution in [0.1, 0.15) is 67.2 Å². The number of hydrazine groups is 2. The van der Waals surface area contributed by atoms with Crippen molar-refractivity contribution in [2.45, 2.75) is 356 Å². The summed E-state index contributed by atoms with van der Waals surface area (Å²) < 4.78 is 104. The maximum Gasteiger partial charge on any atom is 0.333 e. The first-order valence-electron chi connectivity index (χ1n) is 42.9. The van der Waals surface area contributed by atoms with E-state index in [4.69, 9.17) is 85.3 Å². The minimum absolute atomic E-state index is 0.0715. The molecule has 0 aromatic heterocycles. The molecular weight excluding hydrogens is 1840 g/mol. The molecule has 1 saturated carbocycles. The summed E-state index contributed by atoms with van der Waals surface area (Å²) in [6, 6.07) is -7.01. The molecule has 135 heavy (non-hydrogen) atoms. The standard InChI is InChI=1S/C76H122N8O51/c1-9-24-39(97)51(109)74(127-56(24)67(116)117)130-60-37(80-22(6)93)71(126-31(17-89)46(60)104)132-62-50(108)55(113)76(129-59-35(78-20(4)91)69(119-8)124-29(15-87)45(59)103)134-64(62)66(115)84-82-33(95)12-27-42(100)48(106)53(111)73(122-27)135-72-52(110)47(105)41(99)26(121-72)11-32(94)81-83-65(114)63-61(49(107)54(112)75(133-63)128-58-34(77-19(3)90)68(118-7)123-28(14-86)44(58)102)131-70-36(79-21(5)92)57(43(101)30(16-88)125-70)120-25-10-23(13-85)18(2)38(96)40(25)98/h13,18,23-31,34-64,68-76,86-89,96-113H,9-12,14-17H2,1-8H3,(H,77,90)(H,78,91)(H,79,92)(H,80,93)(H,81,94)(H,82,95)(H,83,114)(H,84,115)(H,116,117)/t18-,23?,24+,25-,26?,27?,28?,29?,30?,31?,34?,35?,36?,37?,38+,39+,40?,41-,42-,43-,44-,45-,46-,47+,48+,49-,50-,51?,52?,53?,54?,55?,56?,57-,58-,59-,60-,61+,62+,63?,64?,68-,69-,70+,71+,72-,73-,74+,75-,76-/m1/s1. The van der Waals surface area contributed by atoms with Gasteiger partial charge in [-0.3, -0.25) is 60.1 Å². The minimum Gasteiger partial charge on any atom is -0.479 e. The van der Waals surface area contributed by atoms with E-state index < -0.39 is 399 Å². The van der Waals surface area contributed by atoms with Gasteiger partial charge in [0.05, 0.1) is 69.8 Å². The number of aliphatic hydroxyl groups is 22. The van der Waals surface area contributed by atoms with Gasteiger partial charge in [-0.15, -0.1) is 0 Å². The molecule has 0 aromatic carbocycles. The number of amides is 8. The first-order chi connectivity index (χ1) is 63.7. The van der Waals surface area contributed by atoms with E-state index >= 15 is 0 Å². The number of nitrogens with one attached hydrogen (secondary N) is 8. The Bertz CT molecular complexity index is 3920. The largest absolute Gasteiger partial charge is 0.479 e. The Kier molecular flexibility index (Phi) is 39.4. The third-order valence-electron chi connectivity index (χ3n) is 24.9. The molecule has 59 heteroatoms. The summed E-state index contributed by atoms with van der Waals surface area (Å²) in [4.78, 5) is 133. The summed E-state index contributed by atoms with van der Waals surface area (Å²) in [7, 11) is 2.17. The molecule has 772 valence electrons. The third kappa shape index (κ3) is 24.9. The van der Waals surface area contributed by atoms with Crippen molar-refractivity contribution in [1.29, 1.82) is 0 Å². The van der Waals surface area contributed by atoms with Crippen molar-refractivity contribution in [3.05, 3.63) is 0 Å². The molecular formula is C76H122N8O51. The summed E-state index contributed by atoms with van der Waals surface area (Å²) in [6.45, 7) is 2.66. The van der Waals surface area contributed by atoms with E-state index in [0.29, 0.717) is 6.29 Å². The van der Waals surface area contributed by atoms with Gasteiger partial charge in [-0.05, 0) is 18.8 Å². The highest BCUT2D eigenvalue weighted by molar-refractivity contribution is 5.86. The van der Waals surface area contributed by atoms with Crippen molar-refractivity contribution in [1.82, 2.24) is 43.0 Å². The number of aliphatic carboxylic acids is 1. The molecule has 0 bridgehead atoms. The summed E-state index contributed by atoms with van der Waals surface area (Å²) in [5.41, 5.74) is 7.63. The molecule has 10 aliphatic rings. The first-order valence-corrected chi connectivity index (χ1v) is 42.9. The Morgan fingerprint density at radius 3 is 0.941 bits per heavy atom. The first kappa shape index (κ1) is 110. The molecule has 0 aromatic rings. The van der Waals surface area contributed by atoms with Crippen LogP contribution in [-0.4, -0.2) is 506 Å². The fourth-order valence-electron chi connectivity index (χ4n) is 17.6. The Balaban J connectivity index is 0.858. The highest BCUT2D eigenvalue weighted by atomic mass is 16.8. The smallest absolute Gasteiger partial charge is 0.333 e. The lowest BCUT2D eigenvalue weighted by molar-refractivity contribution is -0.373. The van der Waals surface area contributed by atoms with Crippen molar-refractivity contribution in [2.75, 3.05) is 40.6 Å². The van der Waals surface area contributed by atoms with E-state index in [2.05, 4.69) is 21.3 Å². The topological polar surface area (TPSA) is 898 Å². The van der Waals surface area contributed by atoms with Gasteiger partial charge < -0.3 is 229 Å². The zero-order chi connectivity index (χ0) is 99.8. The number of carbonyl (C=O) groups is 10. The van der Waals surface area contributed by atoms with E-state index in [1.54, 1.807) is 0 Å². The second-order valence-corrected chi connectivity index (χ2v) is 34.0. The van der Waals surface area contributed by atoms with Gasteiger partial charge in [0, 0.05) is 53.8 Å². The van der Waals surface area contributed by atoms with Crippen LogP contribution in [-0.2, 0) is 133 Å². The molecule has 0 spiro atoms. The zero-order valence-corrected chi connectivity index (χ0v) is 73.3. The molecule has 10 fully saturated rings. The van der Waals surface area contributed by atoms with Gasteiger partial charge in [0.15, 0.2) is 74.9 Å². The lowest BCUT2D eigenvalue weighted by Crippen LogP contribution is -2.71. The fourth-order valence-corrected chi connectivity index (χ4v) is 17.6. The summed E-state index contributed by atoms with van der Waals surface area (Å²) in [6.07, 6.45) is -93.6. The summed E-state index contributed by atoms with van der Waals surface area (Å²) in [5, 5.41) is 267. The van der Waals surface area contributed by atoms with E-state index in [9.17, 15) is 165 Å². The number of aldehydes is 1. The summed E-state index contributed by atoms with van der Waals surface area (Å²) >= 11 is 0. The van der Waals surface area contributed by atoms with Crippen molar-refractivity contribution in [3.63, 3.8) is 0 Å². The van der Waals surface area contributed by atoms with Crippen LogP contribution in [0, 0.1) is 17.8 Å². The van der Waals surface area contributed by atoms with Gasteiger partial charge >= 0.3 is 5.97 Å². The number of rotatable bonds is 33. The predicted molar refractivity (Wildman–Crippen MR) is 420 cm³/mol. The van der Waals surface area contributed by atoms with Crippen LogP contribution in [0.3, 0.4) is 0 Å². The van der Waals surface area contributed by atoms with E-state index in [1.807, 2.05) is 21.7 Å². The average Bonchev–Trinajstić information content (AvgIpc) is 0.764. The molecule has 50 atom stereocenters. The van der Waals surface area contributed by atoms with E-state index in [1.165, 1.54) is 13.8 Å². The van der Waals surface area contributed by atoms with Crippen molar-refractivity contribution >= 4 is 59.5 Å². The molecule has 20 unspecified atom stereocenters. The monoisotopic (exact) mass is 1960 g/mol. The van der Waals surface area contributed by atoms with Crippen LogP contribution in [0.15, 0.2) is 0 Å². The second kappa shape index (κ2) is 48.2. The normalized spacial score (nSPS) is 45.8. The van der Waals surface area contributed by atoms with Crippen LogP contribution in [0.2, 0.25) is 0 Å². The number of hydrogen-bond donors (Lipinski definition) is 31. The zero-order valence-electron chi connectivity index (χ0n) is 73.3. The Morgan fingerprint density at radius 2 is 0.622 bits per heavy atom. The molecule has 9 heterocycles. The van der Waals surface area contributed by atoms with Crippen molar-refractivity contribution in [3.8, 4) is 0 Å². The van der Waals surface area contributed by atoms with E-state index in [-0.39, 0.29) is 12.8 Å². The van der Waals surface area contributed by atoms with Crippen LogP contribution < -0.4 is 43.0 Å². The lowest BCUT2D eigenvalue weighted by Gasteiger charge is -2.50. The maximum atomic E-state index is 14.8. The quantitative estimate of drug-likeness (QED) is 0.0214. The molecule has 31 N–H and O–H groups in total. The number of carboxylic acid groups (broad SMARTS) is 1. The number of carboxylic acids is 1. The molecule has 8 amide bonds. The Morgan fingerprint density at radius 1 is 0.326 bits per heavy atom. The van der Waals surface area contributed by atoms with Gasteiger partial charge in [0.25, 0.3) is 11.8 Å². The average molecular weight is 1960 g/mol. The SMILES string of the molecule is CC[C@@H]1C(C(=O)O)O[C@@H](O[C@@H]2C(NC(C)=O)[C@H](O[C@@H]3C(C(=O)NNC(=O)CC4O[C@H](O[C@H]5OC(CC(=O)NNC(=O)C6O[C@@H](O[C@@H]7C(NC(C)=O)[C@H](OC)OC(CO)[C@H]7O)C(O)[C@@H](O)[C@@H]6O[C@@H]6OC(CO)[C@@H](O)[C@H](O[C@@H]7CC(C=O)[C@@H](C)[C@H](O)C7O)C6NC(C)=O)[C@@H](O)[C@H](O)C5O)C(O)[C@@H](O)[C@@H]4O)O[C@@H](O[C@@H]4C(NC(C)=O)[C@H](OC)OC(CO)[C@H]4O)C(O)[C@H]3O)OC(CO)[C@H]2O)C(O)[C@H]1O. The Hall–Kier alpha value is -6.70. The van der Waals surface area contributed by atoms with Gasteiger partial charge in [0.1, 0.15) is 189 Å². The van der Waals surface area contributed by atoms with Gasteiger partial charge in [-0.25, -0.2) is 4.79 Å². The van der Waals surface area contributed by atoms with Crippen LogP contribution in [0.25, 0.3) is 0 Å². The van der Waals surface area contributed by atoms with E-state index in [0.717, 1.165) is 41.9 Å². The predicted octanol–water partition coefficient (Wildman–Crippen LogP) is -20.0. The van der Waals surface area contributed by atoms with Crippen LogP contribution in [0.5, 0.6) is 0 Å².